The summed E-state index contributed by atoms with van der Waals surface area (Å²) in [6, 6.07) is 0.773. The van der Waals surface area contributed by atoms with Crippen LogP contribution >= 0.6 is 0 Å². The monoisotopic (exact) mass is 226 g/mol. The van der Waals surface area contributed by atoms with Gasteiger partial charge in [-0.1, -0.05) is 34.6 Å². The molecule has 1 saturated carbocycles. The fraction of sp³-hybridized carbons (Fsp3) is 1.00. The summed E-state index contributed by atoms with van der Waals surface area (Å²) in [5.74, 6) is 0. The standard InChI is InChI=1S/C13H26N2O/c1-11(2)10(12(11,3)4)15-7-13(5)8-16-6-9(13)14/h9-10,15H,6-8,14H2,1-5H3. The first-order valence-corrected chi connectivity index (χ1v) is 6.28. The maximum atomic E-state index is 6.09. The van der Waals surface area contributed by atoms with Gasteiger partial charge in [0.25, 0.3) is 0 Å². The first-order chi connectivity index (χ1) is 7.22. The van der Waals surface area contributed by atoms with E-state index in [1.165, 1.54) is 0 Å². The maximum Gasteiger partial charge on any atom is 0.0624 e. The molecule has 1 saturated heterocycles. The Morgan fingerprint density at radius 1 is 1.19 bits per heavy atom. The second kappa shape index (κ2) is 3.44. The summed E-state index contributed by atoms with van der Waals surface area (Å²) in [7, 11) is 0. The lowest BCUT2D eigenvalue weighted by molar-refractivity contribution is 0.157. The second-order valence-corrected chi connectivity index (χ2v) is 7.03. The molecule has 3 heteroatoms. The lowest BCUT2D eigenvalue weighted by atomic mass is 9.86. The van der Waals surface area contributed by atoms with Gasteiger partial charge in [-0.2, -0.15) is 0 Å². The molecule has 1 heterocycles. The molecule has 3 N–H and O–H groups in total. The topological polar surface area (TPSA) is 47.3 Å². The van der Waals surface area contributed by atoms with Crippen molar-refractivity contribution >= 4 is 0 Å². The fourth-order valence-corrected chi connectivity index (χ4v) is 2.95. The summed E-state index contributed by atoms with van der Waals surface area (Å²) in [4.78, 5) is 0. The van der Waals surface area contributed by atoms with Crippen LogP contribution in [-0.2, 0) is 4.74 Å². The van der Waals surface area contributed by atoms with E-state index < -0.39 is 0 Å². The fourth-order valence-electron chi connectivity index (χ4n) is 2.95. The molecular formula is C13H26N2O. The van der Waals surface area contributed by atoms with E-state index in [0.717, 1.165) is 13.2 Å². The Hall–Kier alpha value is -0.120. The van der Waals surface area contributed by atoms with E-state index in [0.29, 0.717) is 23.5 Å². The van der Waals surface area contributed by atoms with Crippen molar-refractivity contribution < 1.29 is 4.74 Å². The van der Waals surface area contributed by atoms with Gasteiger partial charge in [0.05, 0.1) is 13.2 Å². The van der Waals surface area contributed by atoms with Gasteiger partial charge in [-0.25, -0.2) is 0 Å². The zero-order valence-electron chi connectivity index (χ0n) is 11.3. The summed E-state index contributed by atoms with van der Waals surface area (Å²) in [5.41, 5.74) is 6.99. The molecule has 0 bridgehead atoms. The van der Waals surface area contributed by atoms with E-state index in [2.05, 4.69) is 39.9 Å². The largest absolute Gasteiger partial charge is 0.379 e. The highest BCUT2D eigenvalue weighted by atomic mass is 16.5. The third-order valence-electron chi connectivity index (χ3n) is 5.36. The predicted octanol–water partition coefficient (Wildman–Crippen LogP) is 1.37. The van der Waals surface area contributed by atoms with Crippen molar-refractivity contribution in [1.82, 2.24) is 5.32 Å². The summed E-state index contributed by atoms with van der Waals surface area (Å²) < 4.78 is 5.46. The molecule has 16 heavy (non-hydrogen) atoms. The number of nitrogens with one attached hydrogen (secondary N) is 1. The van der Waals surface area contributed by atoms with Gasteiger partial charge < -0.3 is 15.8 Å². The van der Waals surface area contributed by atoms with Gasteiger partial charge >= 0.3 is 0 Å². The number of nitrogens with two attached hydrogens (primary N) is 1. The number of hydrogen-bond donors (Lipinski definition) is 2. The van der Waals surface area contributed by atoms with E-state index in [1.54, 1.807) is 0 Å². The Balaban J connectivity index is 1.90. The average molecular weight is 226 g/mol. The molecule has 2 aliphatic rings. The Morgan fingerprint density at radius 3 is 2.12 bits per heavy atom. The molecule has 0 aromatic rings. The van der Waals surface area contributed by atoms with Gasteiger partial charge in [-0.05, 0) is 10.8 Å². The van der Waals surface area contributed by atoms with Gasteiger partial charge in [-0.15, -0.1) is 0 Å². The molecule has 0 amide bonds. The van der Waals surface area contributed by atoms with Crippen molar-refractivity contribution in [2.24, 2.45) is 22.0 Å². The molecular weight excluding hydrogens is 200 g/mol. The van der Waals surface area contributed by atoms with Crippen molar-refractivity contribution in [3.05, 3.63) is 0 Å². The minimum absolute atomic E-state index is 0.106. The van der Waals surface area contributed by atoms with Crippen LogP contribution in [0.3, 0.4) is 0 Å². The molecule has 1 aliphatic carbocycles. The predicted molar refractivity (Wildman–Crippen MR) is 66.3 cm³/mol. The molecule has 0 aromatic heterocycles. The minimum Gasteiger partial charge on any atom is -0.379 e. The van der Waals surface area contributed by atoms with Gasteiger partial charge in [0, 0.05) is 24.0 Å². The lowest BCUT2D eigenvalue weighted by Gasteiger charge is -2.27. The summed E-state index contributed by atoms with van der Waals surface area (Å²) in [6.45, 7) is 14.0. The van der Waals surface area contributed by atoms with Gasteiger partial charge in [-0.3, -0.25) is 0 Å². The van der Waals surface area contributed by atoms with E-state index in [4.69, 9.17) is 10.5 Å². The van der Waals surface area contributed by atoms with Gasteiger partial charge in [0.2, 0.25) is 0 Å². The minimum atomic E-state index is 0.106. The third-order valence-corrected chi connectivity index (χ3v) is 5.36. The molecule has 1 aliphatic heterocycles. The summed E-state index contributed by atoms with van der Waals surface area (Å²) in [5, 5.41) is 3.69. The first-order valence-electron chi connectivity index (χ1n) is 6.28. The van der Waals surface area contributed by atoms with Crippen LogP contribution in [0.25, 0.3) is 0 Å². The molecule has 2 fully saturated rings. The van der Waals surface area contributed by atoms with E-state index in [1.807, 2.05) is 0 Å². The number of rotatable bonds is 3. The molecule has 0 spiro atoms. The molecule has 2 rings (SSSR count). The van der Waals surface area contributed by atoms with Crippen molar-refractivity contribution in [2.45, 2.75) is 46.7 Å². The maximum absolute atomic E-state index is 6.09. The van der Waals surface area contributed by atoms with Gasteiger partial charge in [0.1, 0.15) is 0 Å². The van der Waals surface area contributed by atoms with Crippen molar-refractivity contribution in [3.63, 3.8) is 0 Å². The third kappa shape index (κ3) is 1.60. The van der Waals surface area contributed by atoms with Crippen LogP contribution < -0.4 is 11.1 Å². The Morgan fingerprint density at radius 2 is 1.75 bits per heavy atom. The quantitative estimate of drug-likeness (QED) is 0.764. The SMILES string of the molecule is CC1(CNC2C(C)(C)C2(C)C)COCC1N. The highest BCUT2D eigenvalue weighted by molar-refractivity contribution is 5.18. The molecule has 0 aromatic carbocycles. The summed E-state index contributed by atoms with van der Waals surface area (Å²) in [6.07, 6.45) is 0. The van der Waals surface area contributed by atoms with E-state index in [9.17, 15) is 0 Å². The van der Waals surface area contributed by atoms with Crippen molar-refractivity contribution in [1.29, 1.82) is 0 Å². The van der Waals surface area contributed by atoms with Crippen LogP contribution in [-0.4, -0.2) is 31.8 Å². The van der Waals surface area contributed by atoms with Crippen LogP contribution in [0, 0.1) is 16.2 Å². The molecule has 2 atom stereocenters. The zero-order chi connectivity index (χ0) is 12.2. The summed E-state index contributed by atoms with van der Waals surface area (Å²) >= 11 is 0. The highest BCUT2D eigenvalue weighted by Gasteiger charge is 2.64. The highest BCUT2D eigenvalue weighted by Crippen LogP contribution is 2.62. The van der Waals surface area contributed by atoms with E-state index in [-0.39, 0.29) is 11.5 Å². The molecule has 0 radical (unpaired) electrons. The zero-order valence-corrected chi connectivity index (χ0v) is 11.3. The second-order valence-electron chi connectivity index (χ2n) is 7.03. The molecule has 94 valence electrons. The van der Waals surface area contributed by atoms with Crippen LogP contribution in [0.1, 0.15) is 34.6 Å². The smallest absolute Gasteiger partial charge is 0.0624 e. The Labute approximate surface area is 99.1 Å². The number of ether oxygens (including phenoxy) is 1. The van der Waals surface area contributed by atoms with Crippen LogP contribution in [0.2, 0.25) is 0 Å². The van der Waals surface area contributed by atoms with Crippen molar-refractivity contribution in [3.8, 4) is 0 Å². The first kappa shape index (κ1) is 12.3. The Kier molecular flexibility index (Phi) is 2.65. The van der Waals surface area contributed by atoms with Crippen LogP contribution in [0.15, 0.2) is 0 Å². The average Bonchev–Trinajstić information content (AvgIpc) is 2.41. The van der Waals surface area contributed by atoms with Crippen LogP contribution in [0.5, 0.6) is 0 Å². The number of hydrogen-bond acceptors (Lipinski definition) is 3. The van der Waals surface area contributed by atoms with Gasteiger partial charge in [0.15, 0.2) is 0 Å². The van der Waals surface area contributed by atoms with Crippen LogP contribution in [0.4, 0.5) is 0 Å². The Bertz CT molecular complexity index is 274. The molecule has 3 nitrogen and oxygen atoms in total. The normalized spacial score (nSPS) is 41.2. The van der Waals surface area contributed by atoms with Crippen molar-refractivity contribution in [2.75, 3.05) is 19.8 Å². The molecule has 2 unspecified atom stereocenters. The lowest BCUT2D eigenvalue weighted by Crippen LogP contribution is -2.46. The van der Waals surface area contributed by atoms with E-state index >= 15 is 0 Å².